The summed E-state index contributed by atoms with van der Waals surface area (Å²) in [5.41, 5.74) is -5.47. The Bertz CT molecular complexity index is 1100. The fourth-order valence-electron chi connectivity index (χ4n) is 3.01. The summed E-state index contributed by atoms with van der Waals surface area (Å²) in [6.45, 7) is 0.452. The van der Waals surface area contributed by atoms with Crippen LogP contribution in [0.1, 0.15) is 28.9 Å². The molecule has 0 amide bonds. The lowest BCUT2D eigenvalue weighted by molar-refractivity contribution is -0.144. The first-order chi connectivity index (χ1) is 14.0. The molecule has 0 spiro atoms. The Kier molecular flexibility index (Phi) is 6.04. The quantitative estimate of drug-likeness (QED) is 0.528. The van der Waals surface area contributed by atoms with Gasteiger partial charge in [-0.15, -0.1) is 0 Å². The molecule has 3 rings (SSSR count). The summed E-state index contributed by atoms with van der Waals surface area (Å²) in [6, 6.07) is 1.61. The Hall–Kier alpha value is -2.66. The predicted octanol–water partition coefficient (Wildman–Crippen LogP) is 2.68. The molecule has 1 atom stereocenters. The molecular formula is C18H15ClF4N2O5. The Morgan fingerprint density at radius 1 is 1.30 bits per heavy atom. The molecule has 162 valence electrons. The number of hydrogen-bond acceptors (Lipinski definition) is 5. The first kappa shape index (κ1) is 22.0. The zero-order chi connectivity index (χ0) is 22.2. The fourth-order valence-corrected chi connectivity index (χ4v) is 3.23. The summed E-state index contributed by atoms with van der Waals surface area (Å²) in [7, 11) is 0.783. The van der Waals surface area contributed by atoms with Crippen molar-refractivity contribution in [3.63, 3.8) is 0 Å². The second-order valence-electron chi connectivity index (χ2n) is 6.56. The second-order valence-corrected chi connectivity index (χ2v) is 6.97. The van der Waals surface area contributed by atoms with Crippen LogP contribution < -0.4 is 11.2 Å². The molecule has 1 aromatic carbocycles. The zero-order valence-electron chi connectivity index (χ0n) is 15.5. The maximum absolute atomic E-state index is 14.5. The van der Waals surface area contributed by atoms with Crippen LogP contribution in [0.3, 0.4) is 0 Å². The van der Waals surface area contributed by atoms with Crippen LogP contribution in [-0.4, -0.2) is 34.4 Å². The molecule has 1 unspecified atom stereocenters. The van der Waals surface area contributed by atoms with Crippen LogP contribution in [0.15, 0.2) is 27.8 Å². The number of nitrogens with zero attached hydrogens (tertiary/aromatic N) is 2. The van der Waals surface area contributed by atoms with Crippen LogP contribution in [0.5, 0.6) is 0 Å². The lowest BCUT2D eigenvalue weighted by Crippen LogP contribution is -2.41. The first-order valence-corrected chi connectivity index (χ1v) is 9.07. The van der Waals surface area contributed by atoms with Gasteiger partial charge in [-0.05, 0) is 25.0 Å². The Labute approximate surface area is 171 Å². The fraction of sp³-hybridized carbons (Fsp3) is 0.389. The van der Waals surface area contributed by atoms with E-state index in [1.807, 2.05) is 0 Å². The van der Waals surface area contributed by atoms with Gasteiger partial charge in [-0.25, -0.2) is 18.5 Å². The van der Waals surface area contributed by atoms with E-state index in [0.717, 1.165) is 19.5 Å². The molecule has 12 heteroatoms. The van der Waals surface area contributed by atoms with Gasteiger partial charge < -0.3 is 9.47 Å². The van der Waals surface area contributed by atoms with Crippen LogP contribution in [0.2, 0.25) is 5.02 Å². The van der Waals surface area contributed by atoms with Crippen LogP contribution >= 0.6 is 11.6 Å². The van der Waals surface area contributed by atoms with E-state index in [4.69, 9.17) is 21.1 Å². The second kappa shape index (κ2) is 8.23. The summed E-state index contributed by atoms with van der Waals surface area (Å²) in [4.78, 5) is 36.9. The highest BCUT2D eigenvalue weighted by molar-refractivity contribution is 6.33. The maximum Gasteiger partial charge on any atom is 0.431 e. The summed E-state index contributed by atoms with van der Waals surface area (Å²) in [5.74, 6) is -2.15. The number of halogens is 5. The van der Waals surface area contributed by atoms with E-state index in [-0.39, 0.29) is 38.5 Å². The molecule has 1 aliphatic rings. The summed E-state index contributed by atoms with van der Waals surface area (Å²) >= 11 is 5.88. The minimum absolute atomic E-state index is 0.0795. The highest BCUT2D eigenvalue weighted by Gasteiger charge is 2.35. The number of hydrogen-bond donors (Lipinski definition) is 0. The van der Waals surface area contributed by atoms with Crippen molar-refractivity contribution in [1.29, 1.82) is 0 Å². The third-order valence-corrected chi connectivity index (χ3v) is 4.84. The maximum atomic E-state index is 14.5. The van der Waals surface area contributed by atoms with Crippen molar-refractivity contribution in [2.45, 2.75) is 25.1 Å². The van der Waals surface area contributed by atoms with Crippen molar-refractivity contribution in [2.24, 2.45) is 7.05 Å². The van der Waals surface area contributed by atoms with Gasteiger partial charge in [-0.3, -0.25) is 9.36 Å². The van der Waals surface area contributed by atoms with E-state index >= 15 is 0 Å². The third kappa shape index (κ3) is 4.26. The molecule has 30 heavy (non-hydrogen) atoms. The molecule has 1 aliphatic heterocycles. The Morgan fingerprint density at radius 2 is 2.00 bits per heavy atom. The van der Waals surface area contributed by atoms with Crippen molar-refractivity contribution < 1.29 is 31.8 Å². The molecule has 0 aliphatic carbocycles. The van der Waals surface area contributed by atoms with E-state index in [0.29, 0.717) is 19.1 Å². The van der Waals surface area contributed by atoms with Crippen LogP contribution in [0, 0.1) is 5.82 Å². The molecule has 1 fully saturated rings. The molecule has 1 aromatic heterocycles. The van der Waals surface area contributed by atoms with Gasteiger partial charge in [-0.2, -0.15) is 13.2 Å². The van der Waals surface area contributed by atoms with Gasteiger partial charge in [0.05, 0.1) is 22.4 Å². The van der Waals surface area contributed by atoms with E-state index in [9.17, 15) is 31.9 Å². The summed E-state index contributed by atoms with van der Waals surface area (Å²) < 4.78 is 64.1. The van der Waals surface area contributed by atoms with E-state index < -0.39 is 40.6 Å². The number of rotatable bonds is 4. The average Bonchev–Trinajstić information content (AvgIpc) is 3.17. The zero-order valence-corrected chi connectivity index (χ0v) is 16.2. The number of carbonyl (C=O) groups is 1. The van der Waals surface area contributed by atoms with E-state index in [2.05, 4.69) is 0 Å². The SMILES string of the molecule is Cn1c(C(F)(F)F)cc(=O)n(-c2cc(C(=O)OCC3CCCO3)c(Cl)cc2F)c1=O. The monoisotopic (exact) mass is 450 g/mol. The predicted molar refractivity (Wildman–Crippen MR) is 96.5 cm³/mol. The lowest BCUT2D eigenvalue weighted by Gasteiger charge is -2.15. The molecule has 7 nitrogen and oxygen atoms in total. The molecule has 2 heterocycles. The molecule has 0 N–H and O–H groups in total. The minimum atomic E-state index is -4.97. The number of ether oxygens (including phenoxy) is 2. The van der Waals surface area contributed by atoms with Gasteiger partial charge in [-0.1, -0.05) is 11.6 Å². The van der Waals surface area contributed by atoms with Gasteiger partial charge in [0.1, 0.15) is 18.1 Å². The Morgan fingerprint density at radius 3 is 2.60 bits per heavy atom. The number of aromatic nitrogens is 2. The van der Waals surface area contributed by atoms with Crippen LogP contribution in [-0.2, 0) is 22.7 Å². The van der Waals surface area contributed by atoms with Gasteiger partial charge in [0, 0.05) is 19.7 Å². The van der Waals surface area contributed by atoms with Crippen LogP contribution in [0.4, 0.5) is 17.6 Å². The number of alkyl halides is 3. The largest absolute Gasteiger partial charge is 0.459 e. The number of esters is 1. The van der Waals surface area contributed by atoms with Crippen molar-refractivity contribution in [2.75, 3.05) is 13.2 Å². The molecule has 0 saturated carbocycles. The Balaban J connectivity index is 2.04. The molecule has 0 bridgehead atoms. The van der Waals surface area contributed by atoms with Crippen molar-refractivity contribution in [1.82, 2.24) is 9.13 Å². The number of carbonyl (C=O) groups excluding carboxylic acids is 1. The van der Waals surface area contributed by atoms with Crippen molar-refractivity contribution in [3.8, 4) is 5.69 Å². The normalized spacial score (nSPS) is 16.7. The molecule has 1 saturated heterocycles. The highest BCUT2D eigenvalue weighted by Crippen LogP contribution is 2.28. The molecule has 0 radical (unpaired) electrons. The third-order valence-electron chi connectivity index (χ3n) is 4.53. The van der Waals surface area contributed by atoms with E-state index in [1.165, 1.54) is 0 Å². The smallest absolute Gasteiger partial charge is 0.431 e. The summed E-state index contributed by atoms with van der Waals surface area (Å²) in [5, 5.41) is -0.356. The van der Waals surface area contributed by atoms with Gasteiger partial charge in [0.25, 0.3) is 5.56 Å². The van der Waals surface area contributed by atoms with Gasteiger partial charge in [0.15, 0.2) is 0 Å². The van der Waals surface area contributed by atoms with Gasteiger partial charge in [0.2, 0.25) is 0 Å². The number of benzene rings is 1. The highest BCUT2D eigenvalue weighted by atomic mass is 35.5. The molecular weight excluding hydrogens is 436 g/mol. The van der Waals surface area contributed by atoms with Gasteiger partial charge >= 0.3 is 17.8 Å². The average molecular weight is 451 g/mol. The topological polar surface area (TPSA) is 79.5 Å². The minimum Gasteiger partial charge on any atom is -0.459 e. The van der Waals surface area contributed by atoms with Crippen molar-refractivity contribution in [3.05, 3.63) is 61.1 Å². The van der Waals surface area contributed by atoms with Crippen molar-refractivity contribution >= 4 is 17.6 Å². The van der Waals surface area contributed by atoms with Crippen LogP contribution in [0.25, 0.3) is 5.69 Å². The first-order valence-electron chi connectivity index (χ1n) is 8.69. The van der Waals surface area contributed by atoms with E-state index in [1.54, 1.807) is 0 Å². The molecule has 2 aromatic rings. The standard InChI is InChI=1S/C18H15ClF4N2O5/c1-24-14(18(21,22)23)7-15(26)25(17(24)28)13-5-10(11(19)6-12(13)20)16(27)30-8-9-3-2-4-29-9/h5-7,9H,2-4,8H2,1H3. The lowest BCUT2D eigenvalue weighted by atomic mass is 10.2. The summed E-state index contributed by atoms with van der Waals surface area (Å²) in [6.07, 6.45) is -3.77.